The first kappa shape index (κ1) is 15.5. The summed E-state index contributed by atoms with van der Waals surface area (Å²) in [6.45, 7) is 6.28. The van der Waals surface area contributed by atoms with Gasteiger partial charge in [0.25, 0.3) is 0 Å². The molecular formula is C8H19O4S-. The Morgan fingerprint density at radius 1 is 1.23 bits per heavy atom. The number of rotatable bonds is 6. The molecule has 0 aliphatic rings. The molecule has 13 heavy (non-hydrogen) atoms. The van der Waals surface area contributed by atoms with Gasteiger partial charge in [0, 0.05) is 13.2 Å². The average molecular weight is 211 g/mol. The summed E-state index contributed by atoms with van der Waals surface area (Å²) in [6, 6.07) is 0. The third kappa shape index (κ3) is 33.3. The van der Waals surface area contributed by atoms with E-state index in [-0.39, 0.29) is 0 Å². The van der Waals surface area contributed by atoms with Crippen molar-refractivity contribution in [3.05, 3.63) is 0 Å². The van der Waals surface area contributed by atoms with Crippen molar-refractivity contribution in [2.24, 2.45) is 0 Å². The molecular weight excluding hydrogens is 192 g/mol. The van der Waals surface area contributed by atoms with E-state index in [4.69, 9.17) is 18.1 Å². The zero-order chi connectivity index (χ0) is 10.5. The quantitative estimate of drug-likeness (QED) is 0.538. The van der Waals surface area contributed by atoms with Gasteiger partial charge in [0.15, 0.2) is 0 Å². The van der Waals surface area contributed by atoms with Crippen molar-refractivity contribution in [2.45, 2.75) is 39.5 Å². The van der Waals surface area contributed by atoms with E-state index in [9.17, 15) is 0 Å². The normalized spacial score (nSPS) is 11.7. The summed E-state index contributed by atoms with van der Waals surface area (Å²) in [7, 11) is 0. The lowest BCUT2D eigenvalue weighted by atomic mass is 10.3. The SMILES string of the molecule is CCCCOCCCC.O=S([O-])O. The van der Waals surface area contributed by atoms with Crippen LogP contribution in [0.3, 0.4) is 0 Å². The molecule has 1 atom stereocenters. The van der Waals surface area contributed by atoms with Crippen LogP contribution in [0.15, 0.2) is 0 Å². The lowest BCUT2D eigenvalue weighted by molar-refractivity contribution is 0.128. The summed E-state index contributed by atoms with van der Waals surface area (Å²) < 4.78 is 29.4. The average Bonchev–Trinajstić information content (AvgIpc) is 2.03. The maximum atomic E-state index is 8.56. The van der Waals surface area contributed by atoms with Crippen LogP contribution in [0.5, 0.6) is 0 Å². The topological polar surface area (TPSA) is 69.6 Å². The first-order chi connectivity index (χ1) is 6.15. The predicted octanol–water partition coefficient (Wildman–Crippen LogP) is 1.94. The van der Waals surface area contributed by atoms with Crippen LogP contribution in [0, 0.1) is 0 Å². The van der Waals surface area contributed by atoms with Gasteiger partial charge in [-0.2, -0.15) is 0 Å². The fourth-order valence-electron chi connectivity index (χ4n) is 0.595. The van der Waals surface area contributed by atoms with E-state index < -0.39 is 11.4 Å². The zero-order valence-electron chi connectivity index (χ0n) is 8.32. The molecule has 0 saturated carbocycles. The molecule has 0 aromatic rings. The Morgan fingerprint density at radius 3 is 1.77 bits per heavy atom. The third-order valence-corrected chi connectivity index (χ3v) is 1.28. The molecule has 1 N–H and O–H groups in total. The summed E-state index contributed by atoms with van der Waals surface area (Å²) in [5.74, 6) is 0. The Hall–Kier alpha value is 0.0300. The minimum Gasteiger partial charge on any atom is -0.750 e. The molecule has 0 aliphatic carbocycles. The van der Waals surface area contributed by atoms with Crippen LogP contribution < -0.4 is 0 Å². The minimum atomic E-state index is -2.86. The molecule has 0 saturated heterocycles. The van der Waals surface area contributed by atoms with E-state index >= 15 is 0 Å². The number of unbranched alkanes of at least 4 members (excludes halogenated alkanes) is 2. The van der Waals surface area contributed by atoms with Crippen molar-refractivity contribution in [1.29, 1.82) is 0 Å². The maximum Gasteiger partial charge on any atom is 0.0814 e. The van der Waals surface area contributed by atoms with E-state index in [2.05, 4.69) is 13.8 Å². The number of hydrogen-bond acceptors (Lipinski definition) is 3. The van der Waals surface area contributed by atoms with Gasteiger partial charge in [0.05, 0.1) is 11.4 Å². The lowest BCUT2D eigenvalue weighted by Crippen LogP contribution is -1.95. The highest BCUT2D eigenvalue weighted by atomic mass is 32.2. The summed E-state index contributed by atoms with van der Waals surface area (Å²) in [5.41, 5.74) is 0. The molecule has 0 rings (SSSR count). The van der Waals surface area contributed by atoms with Gasteiger partial charge >= 0.3 is 0 Å². The smallest absolute Gasteiger partial charge is 0.0814 e. The van der Waals surface area contributed by atoms with Gasteiger partial charge in [-0.1, -0.05) is 26.7 Å². The second kappa shape index (κ2) is 14.5. The standard InChI is InChI=1S/C8H18O.H2O3S/c1-3-5-7-9-8-6-4-2;1-4(2)3/h3-8H2,1-2H3;(H2,1,2,3)/p-1. The van der Waals surface area contributed by atoms with E-state index in [1.807, 2.05) is 0 Å². The van der Waals surface area contributed by atoms with Crippen molar-refractivity contribution < 1.29 is 18.1 Å². The summed E-state index contributed by atoms with van der Waals surface area (Å²) >= 11 is -2.86. The minimum absolute atomic E-state index is 0.955. The van der Waals surface area contributed by atoms with Crippen molar-refractivity contribution in [3.8, 4) is 0 Å². The molecule has 0 spiro atoms. The Balaban J connectivity index is 0. The third-order valence-electron chi connectivity index (χ3n) is 1.28. The molecule has 0 radical (unpaired) electrons. The lowest BCUT2D eigenvalue weighted by Gasteiger charge is -1.99. The first-order valence-corrected chi connectivity index (χ1v) is 5.54. The van der Waals surface area contributed by atoms with Crippen molar-refractivity contribution in [3.63, 3.8) is 0 Å². The molecule has 0 fully saturated rings. The summed E-state index contributed by atoms with van der Waals surface area (Å²) in [6.07, 6.45) is 4.91. The molecule has 4 nitrogen and oxygen atoms in total. The van der Waals surface area contributed by atoms with Gasteiger partial charge in [-0.15, -0.1) is 0 Å². The largest absolute Gasteiger partial charge is 0.750 e. The highest BCUT2D eigenvalue weighted by Crippen LogP contribution is 1.91. The van der Waals surface area contributed by atoms with Crippen LogP contribution in [-0.4, -0.2) is 26.5 Å². The molecule has 82 valence electrons. The van der Waals surface area contributed by atoms with Crippen molar-refractivity contribution in [1.82, 2.24) is 0 Å². The highest BCUT2D eigenvalue weighted by Gasteiger charge is 1.84. The van der Waals surface area contributed by atoms with Crippen LogP contribution in [0.25, 0.3) is 0 Å². The molecule has 0 bridgehead atoms. The molecule has 0 aliphatic heterocycles. The van der Waals surface area contributed by atoms with Crippen molar-refractivity contribution >= 4 is 11.4 Å². The molecule has 0 aromatic carbocycles. The van der Waals surface area contributed by atoms with Gasteiger partial charge in [0.1, 0.15) is 0 Å². The van der Waals surface area contributed by atoms with Crippen LogP contribution in [0.1, 0.15) is 39.5 Å². The van der Waals surface area contributed by atoms with Gasteiger partial charge in [0.2, 0.25) is 0 Å². The second-order valence-corrected chi connectivity index (χ2v) is 2.97. The van der Waals surface area contributed by atoms with E-state index in [1.165, 1.54) is 25.7 Å². The summed E-state index contributed by atoms with van der Waals surface area (Å²) in [5, 5.41) is 0. The van der Waals surface area contributed by atoms with Crippen LogP contribution in [-0.2, 0) is 16.1 Å². The fourth-order valence-corrected chi connectivity index (χ4v) is 0.595. The van der Waals surface area contributed by atoms with Crippen molar-refractivity contribution in [2.75, 3.05) is 13.2 Å². The Kier molecular flexibility index (Phi) is 17.3. The molecule has 0 heterocycles. The monoisotopic (exact) mass is 211 g/mol. The Labute approximate surface area is 82.8 Å². The van der Waals surface area contributed by atoms with Gasteiger partial charge in [-0.05, 0) is 12.8 Å². The molecule has 5 heteroatoms. The number of hydrogen-bond donors (Lipinski definition) is 1. The van der Waals surface area contributed by atoms with Crippen LogP contribution in [0.2, 0.25) is 0 Å². The van der Waals surface area contributed by atoms with E-state index in [0.29, 0.717) is 0 Å². The zero-order valence-corrected chi connectivity index (χ0v) is 9.14. The summed E-state index contributed by atoms with van der Waals surface area (Å²) in [4.78, 5) is 0. The fraction of sp³-hybridized carbons (Fsp3) is 1.00. The van der Waals surface area contributed by atoms with Gasteiger partial charge in [-0.3, -0.25) is 0 Å². The van der Waals surface area contributed by atoms with E-state index in [0.717, 1.165) is 13.2 Å². The van der Waals surface area contributed by atoms with E-state index in [1.54, 1.807) is 0 Å². The van der Waals surface area contributed by atoms with Crippen LogP contribution in [0.4, 0.5) is 0 Å². The van der Waals surface area contributed by atoms with Gasteiger partial charge in [-0.25, -0.2) is 4.21 Å². The predicted molar refractivity (Wildman–Crippen MR) is 52.2 cm³/mol. The molecule has 0 aromatic heterocycles. The molecule has 1 unspecified atom stereocenters. The number of ether oxygens (including phenoxy) is 1. The Morgan fingerprint density at radius 2 is 1.54 bits per heavy atom. The van der Waals surface area contributed by atoms with Crippen LogP contribution >= 0.6 is 0 Å². The van der Waals surface area contributed by atoms with Gasteiger partial charge < -0.3 is 13.8 Å². The highest BCUT2D eigenvalue weighted by molar-refractivity contribution is 7.73. The first-order valence-electron chi connectivity index (χ1n) is 4.51. The Bertz CT molecular complexity index is 98.3. The second-order valence-electron chi connectivity index (χ2n) is 2.54. The molecule has 0 amide bonds. The maximum absolute atomic E-state index is 8.56.